The van der Waals surface area contributed by atoms with Crippen molar-refractivity contribution < 1.29 is 37.9 Å². The molecule has 9 nitrogen and oxygen atoms in total. The number of halogens is 1. The molecule has 164 valence electrons. The zero-order valence-electron chi connectivity index (χ0n) is 16.9. The Morgan fingerprint density at radius 1 is 0.781 bits per heavy atom. The highest BCUT2D eigenvalue weighted by Gasteiger charge is 2.19. The standard InChI is InChI=1S/C22H16FNO8/c1-29-15-7-10-18(20(12-15)30-2)22(26)32-16-8-9-17(19(23)11-16)21(25)31-14-5-3-13(4-6-14)24(27)28/h3-12H,1-2H3. The van der Waals surface area contributed by atoms with Crippen LogP contribution in [0.15, 0.2) is 60.7 Å². The normalized spacial score (nSPS) is 10.2. The van der Waals surface area contributed by atoms with E-state index in [2.05, 4.69) is 0 Å². The lowest BCUT2D eigenvalue weighted by molar-refractivity contribution is -0.384. The van der Waals surface area contributed by atoms with Crippen LogP contribution >= 0.6 is 0 Å². The summed E-state index contributed by atoms with van der Waals surface area (Å²) in [6.07, 6.45) is 0. The minimum absolute atomic E-state index is 0.00195. The van der Waals surface area contributed by atoms with Crippen LogP contribution in [-0.2, 0) is 0 Å². The quantitative estimate of drug-likeness (QED) is 0.232. The maximum Gasteiger partial charge on any atom is 0.347 e. The molecule has 0 amide bonds. The summed E-state index contributed by atoms with van der Waals surface area (Å²) in [7, 11) is 2.83. The van der Waals surface area contributed by atoms with Crippen LogP contribution in [0.3, 0.4) is 0 Å². The van der Waals surface area contributed by atoms with Gasteiger partial charge in [0.15, 0.2) is 0 Å². The maximum atomic E-state index is 14.4. The molecule has 3 rings (SSSR count). The molecule has 0 aromatic heterocycles. The summed E-state index contributed by atoms with van der Waals surface area (Å²) >= 11 is 0. The first-order valence-electron chi connectivity index (χ1n) is 9.02. The average Bonchev–Trinajstić information content (AvgIpc) is 2.78. The molecule has 0 aliphatic carbocycles. The van der Waals surface area contributed by atoms with Crippen LogP contribution in [-0.4, -0.2) is 31.1 Å². The Morgan fingerprint density at radius 3 is 1.94 bits per heavy atom. The second-order valence-electron chi connectivity index (χ2n) is 6.24. The minimum Gasteiger partial charge on any atom is -0.497 e. The van der Waals surface area contributed by atoms with Crippen molar-refractivity contribution in [1.29, 1.82) is 0 Å². The highest BCUT2D eigenvalue weighted by Crippen LogP contribution is 2.27. The lowest BCUT2D eigenvalue weighted by Crippen LogP contribution is -2.13. The molecular formula is C22H16FNO8. The molecule has 0 atom stereocenters. The molecule has 0 fully saturated rings. The molecule has 0 spiro atoms. The van der Waals surface area contributed by atoms with Crippen LogP contribution in [0.1, 0.15) is 20.7 Å². The van der Waals surface area contributed by atoms with Gasteiger partial charge in [0.1, 0.15) is 34.4 Å². The van der Waals surface area contributed by atoms with Gasteiger partial charge in [-0.25, -0.2) is 14.0 Å². The van der Waals surface area contributed by atoms with Crippen LogP contribution in [0.25, 0.3) is 0 Å². The number of carbonyl (C=O) groups excluding carboxylic acids is 2. The van der Waals surface area contributed by atoms with Crippen molar-refractivity contribution in [3.05, 3.63) is 87.7 Å². The molecule has 3 aromatic rings. The van der Waals surface area contributed by atoms with E-state index in [1.165, 1.54) is 50.6 Å². The highest BCUT2D eigenvalue weighted by atomic mass is 19.1. The van der Waals surface area contributed by atoms with E-state index < -0.39 is 28.2 Å². The summed E-state index contributed by atoms with van der Waals surface area (Å²) in [4.78, 5) is 34.7. The molecule has 0 aliphatic rings. The number of rotatable bonds is 7. The predicted molar refractivity (Wildman–Crippen MR) is 109 cm³/mol. The van der Waals surface area contributed by atoms with E-state index in [0.717, 1.165) is 24.3 Å². The second kappa shape index (κ2) is 9.56. The van der Waals surface area contributed by atoms with E-state index in [1.807, 2.05) is 0 Å². The zero-order valence-corrected chi connectivity index (χ0v) is 16.9. The number of nitrogens with zero attached hydrogens (tertiary/aromatic N) is 1. The number of ether oxygens (including phenoxy) is 4. The number of hydrogen-bond acceptors (Lipinski definition) is 8. The number of carbonyl (C=O) groups is 2. The number of nitro groups is 1. The van der Waals surface area contributed by atoms with Gasteiger partial charge in [-0.2, -0.15) is 0 Å². The summed E-state index contributed by atoms with van der Waals surface area (Å²) in [5.74, 6) is -2.27. The SMILES string of the molecule is COc1ccc(C(=O)Oc2ccc(C(=O)Oc3ccc([N+](=O)[O-])cc3)c(F)c2)c(OC)c1. The Hall–Kier alpha value is -4.47. The van der Waals surface area contributed by atoms with Crippen molar-refractivity contribution in [3.63, 3.8) is 0 Å². The third-order valence-corrected chi connectivity index (χ3v) is 4.26. The van der Waals surface area contributed by atoms with Crippen LogP contribution in [0.5, 0.6) is 23.0 Å². The molecule has 0 heterocycles. The fourth-order valence-electron chi connectivity index (χ4n) is 2.65. The fraction of sp³-hybridized carbons (Fsp3) is 0.0909. The molecule has 0 radical (unpaired) electrons. The van der Waals surface area contributed by atoms with Gasteiger partial charge in [0.05, 0.1) is 24.7 Å². The van der Waals surface area contributed by atoms with Gasteiger partial charge in [-0.05, 0) is 36.4 Å². The molecule has 0 bridgehead atoms. The largest absolute Gasteiger partial charge is 0.497 e. The summed E-state index contributed by atoms with van der Waals surface area (Å²) in [6.45, 7) is 0. The van der Waals surface area contributed by atoms with Gasteiger partial charge >= 0.3 is 11.9 Å². The van der Waals surface area contributed by atoms with Gasteiger partial charge in [-0.15, -0.1) is 0 Å². The third-order valence-electron chi connectivity index (χ3n) is 4.26. The van der Waals surface area contributed by atoms with Crippen LogP contribution in [0.4, 0.5) is 10.1 Å². The van der Waals surface area contributed by atoms with Crippen molar-refractivity contribution in [1.82, 2.24) is 0 Å². The van der Waals surface area contributed by atoms with Gasteiger partial charge in [0, 0.05) is 24.3 Å². The van der Waals surface area contributed by atoms with E-state index in [0.29, 0.717) is 5.75 Å². The molecule has 0 aliphatic heterocycles. The third kappa shape index (κ3) is 4.98. The van der Waals surface area contributed by atoms with Gasteiger partial charge < -0.3 is 18.9 Å². The summed E-state index contributed by atoms with van der Waals surface area (Å²) in [5.41, 5.74) is -0.504. The molecule has 0 saturated carbocycles. The molecule has 10 heteroatoms. The van der Waals surface area contributed by atoms with Crippen molar-refractivity contribution in [3.8, 4) is 23.0 Å². The fourth-order valence-corrected chi connectivity index (χ4v) is 2.65. The molecule has 3 aromatic carbocycles. The Morgan fingerprint density at radius 2 is 1.34 bits per heavy atom. The van der Waals surface area contributed by atoms with Crippen molar-refractivity contribution in [2.24, 2.45) is 0 Å². The number of nitro benzene ring substituents is 1. The van der Waals surface area contributed by atoms with Crippen LogP contribution < -0.4 is 18.9 Å². The van der Waals surface area contributed by atoms with Crippen molar-refractivity contribution in [2.75, 3.05) is 14.2 Å². The van der Waals surface area contributed by atoms with Crippen molar-refractivity contribution >= 4 is 17.6 Å². The van der Waals surface area contributed by atoms with Gasteiger partial charge in [-0.3, -0.25) is 10.1 Å². The lowest BCUT2D eigenvalue weighted by Gasteiger charge is -2.11. The van der Waals surface area contributed by atoms with E-state index in [1.54, 1.807) is 0 Å². The second-order valence-corrected chi connectivity index (χ2v) is 6.24. The Kier molecular flexibility index (Phi) is 6.64. The minimum atomic E-state index is -1.02. The van der Waals surface area contributed by atoms with Gasteiger partial charge in [0.25, 0.3) is 5.69 Å². The van der Waals surface area contributed by atoms with E-state index >= 15 is 0 Å². The summed E-state index contributed by atoms with van der Waals surface area (Å²) in [5, 5.41) is 10.7. The van der Waals surface area contributed by atoms with Crippen LogP contribution in [0, 0.1) is 15.9 Å². The molecule has 32 heavy (non-hydrogen) atoms. The maximum absolute atomic E-state index is 14.4. The number of methoxy groups -OCH3 is 2. The molecule has 0 unspecified atom stereocenters. The average molecular weight is 441 g/mol. The summed E-state index contributed by atoms with van der Waals surface area (Å²) < 4.78 is 34.8. The molecular weight excluding hydrogens is 425 g/mol. The lowest BCUT2D eigenvalue weighted by atomic mass is 10.2. The number of hydrogen-bond donors (Lipinski definition) is 0. The smallest absolute Gasteiger partial charge is 0.347 e. The Labute approximate surface area is 181 Å². The predicted octanol–water partition coefficient (Wildman–Crippen LogP) is 4.19. The van der Waals surface area contributed by atoms with Crippen LogP contribution in [0.2, 0.25) is 0 Å². The zero-order chi connectivity index (χ0) is 23.3. The first-order valence-corrected chi connectivity index (χ1v) is 9.02. The molecule has 0 N–H and O–H groups in total. The van der Waals surface area contributed by atoms with E-state index in [9.17, 15) is 24.1 Å². The Balaban J connectivity index is 1.72. The first-order chi connectivity index (χ1) is 15.3. The summed E-state index contributed by atoms with van der Waals surface area (Å²) in [6, 6.07) is 12.4. The number of esters is 2. The van der Waals surface area contributed by atoms with Gasteiger partial charge in [0.2, 0.25) is 0 Å². The molecule has 0 saturated heterocycles. The van der Waals surface area contributed by atoms with E-state index in [4.69, 9.17) is 18.9 Å². The topological polar surface area (TPSA) is 114 Å². The monoisotopic (exact) mass is 441 g/mol. The van der Waals surface area contributed by atoms with Crippen molar-refractivity contribution in [2.45, 2.75) is 0 Å². The number of non-ortho nitro benzene ring substituents is 1. The van der Waals surface area contributed by atoms with Gasteiger partial charge in [-0.1, -0.05) is 0 Å². The highest BCUT2D eigenvalue weighted by molar-refractivity contribution is 5.95. The van der Waals surface area contributed by atoms with E-state index in [-0.39, 0.29) is 28.5 Å². The number of benzene rings is 3. The Bertz CT molecular complexity index is 1180. The first kappa shape index (κ1) is 22.2.